The van der Waals surface area contributed by atoms with Crippen LogP contribution in [0.4, 0.5) is 29.5 Å². The van der Waals surface area contributed by atoms with Gasteiger partial charge in [-0.2, -0.15) is 20.1 Å². The second-order valence-electron chi connectivity index (χ2n) is 7.85. The number of anilines is 1. The number of nitrogens with zero attached hydrogens (tertiary/aromatic N) is 6. The Balaban J connectivity index is 1.49. The standard InChI is InChI=1S/C23H22ClF4N7O2/c24-17-2-1-3-18(25)19(17)20-31-21(29-8-9-35-10-12-36-13-11-35)33-22(32-20)34-30-14-15-4-6-16(7-5-15)37-23(26,27)28/h1-7H,8-14H2,(H,29,31,32,33). The van der Waals surface area contributed by atoms with Gasteiger partial charge in [-0.05, 0) is 29.8 Å². The molecule has 0 bridgehead atoms. The largest absolute Gasteiger partial charge is 0.573 e. The maximum Gasteiger partial charge on any atom is 0.573 e. The fourth-order valence-corrected chi connectivity index (χ4v) is 3.69. The number of hydrogen-bond donors (Lipinski definition) is 1. The zero-order chi connectivity index (χ0) is 26.3. The second-order valence-corrected chi connectivity index (χ2v) is 8.26. The Morgan fingerprint density at radius 1 is 1.05 bits per heavy atom. The molecule has 0 aliphatic carbocycles. The molecule has 1 N–H and O–H groups in total. The molecule has 0 unspecified atom stereocenters. The predicted molar refractivity (Wildman–Crippen MR) is 127 cm³/mol. The van der Waals surface area contributed by atoms with Gasteiger partial charge < -0.3 is 14.8 Å². The number of aromatic nitrogens is 3. The number of ether oxygens (including phenoxy) is 2. The highest BCUT2D eigenvalue weighted by Gasteiger charge is 2.30. The Labute approximate surface area is 214 Å². The van der Waals surface area contributed by atoms with Crippen LogP contribution < -0.4 is 10.1 Å². The Bertz CT molecular complexity index is 1200. The van der Waals surface area contributed by atoms with E-state index in [1.165, 1.54) is 42.5 Å². The van der Waals surface area contributed by atoms with Gasteiger partial charge in [0.15, 0.2) is 5.82 Å². The summed E-state index contributed by atoms with van der Waals surface area (Å²) in [5, 5.41) is 11.2. The molecule has 14 heteroatoms. The molecule has 0 radical (unpaired) electrons. The molecule has 37 heavy (non-hydrogen) atoms. The number of alkyl halides is 3. The molecule has 2 heterocycles. The second kappa shape index (κ2) is 12.2. The first-order valence-electron chi connectivity index (χ1n) is 11.2. The molecule has 196 valence electrons. The Kier molecular flexibility index (Phi) is 8.79. The van der Waals surface area contributed by atoms with E-state index in [9.17, 15) is 17.6 Å². The molecule has 0 spiro atoms. The van der Waals surface area contributed by atoms with Crippen LogP contribution in [0.5, 0.6) is 5.75 Å². The first-order valence-corrected chi connectivity index (χ1v) is 11.6. The van der Waals surface area contributed by atoms with Gasteiger partial charge >= 0.3 is 6.36 Å². The lowest BCUT2D eigenvalue weighted by molar-refractivity contribution is -0.274. The third kappa shape index (κ3) is 8.03. The lowest BCUT2D eigenvalue weighted by Crippen LogP contribution is -2.39. The summed E-state index contributed by atoms with van der Waals surface area (Å²) in [7, 11) is 0. The van der Waals surface area contributed by atoms with Crippen molar-refractivity contribution in [3.05, 3.63) is 58.9 Å². The average Bonchev–Trinajstić information content (AvgIpc) is 2.85. The molecule has 0 saturated carbocycles. The maximum atomic E-state index is 14.5. The number of azo groups is 1. The van der Waals surface area contributed by atoms with E-state index in [0.29, 0.717) is 25.3 Å². The summed E-state index contributed by atoms with van der Waals surface area (Å²) < 4.78 is 60.7. The van der Waals surface area contributed by atoms with Gasteiger partial charge in [-0.15, -0.1) is 18.3 Å². The van der Waals surface area contributed by atoms with Crippen LogP contribution in [-0.2, 0) is 11.3 Å². The van der Waals surface area contributed by atoms with Crippen molar-refractivity contribution in [3.63, 3.8) is 0 Å². The van der Waals surface area contributed by atoms with Crippen molar-refractivity contribution in [1.82, 2.24) is 19.9 Å². The van der Waals surface area contributed by atoms with Crippen molar-refractivity contribution in [1.29, 1.82) is 0 Å². The van der Waals surface area contributed by atoms with Crippen LogP contribution in [0.2, 0.25) is 5.02 Å². The van der Waals surface area contributed by atoms with Crippen LogP contribution in [0.25, 0.3) is 11.4 Å². The molecule has 0 atom stereocenters. The molecule has 1 aromatic heterocycles. The number of hydrogen-bond acceptors (Lipinski definition) is 9. The minimum absolute atomic E-state index is 0.000464. The Hall–Kier alpha value is -3.42. The van der Waals surface area contributed by atoms with Crippen molar-refractivity contribution in [3.8, 4) is 17.1 Å². The van der Waals surface area contributed by atoms with Crippen molar-refractivity contribution in [2.24, 2.45) is 10.2 Å². The summed E-state index contributed by atoms with van der Waals surface area (Å²) in [6.07, 6.45) is -4.77. The van der Waals surface area contributed by atoms with Crippen LogP contribution in [0.3, 0.4) is 0 Å². The number of halogens is 5. The lowest BCUT2D eigenvalue weighted by atomic mass is 10.2. The molecule has 0 amide bonds. The molecule has 1 fully saturated rings. The lowest BCUT2D eigenvalue weighted by Gasteiger charge is -2.26. The van der Waals surface area contributed by atoms with Gasteiger partial charge in [0.05, 0.1) is 30.3 Å². The van der Waals surface area contributed by atoms with E-state index in [4.69, 9.17) is 16.3 Å². The third-order valence-electron chi connectivity index (χ3n) is 5.20. The van der Waals surface area contributed by atoms with E-state index < -0.39 is 12.2 Å². The zero-order valence-corrected chi connectivity index (χ0v) is 20.1. The molecular weight excluding hydrogens is 518 g/mol. The van der Waals surface area contributed by atoms with Crippen LogP contribution in [0.15, 0.2) is 52.7 Å². The summed E-state index contributed by atoms with van der Waals surface area (Å²) in [6, 6.07) is 9.43. The van der Waals surface area contributed by atoms with Crippen molar-refractivity contribution < 1.29 is 27.0 Å². The van der Waals surface area contributed by atoms with Gasteiger partial charge in [-0.1, -0.05) is 29.8 Å². The zero-order valence-electron chi connectivity index (χ0n) is 19.4. The highest BCUT2D eigenvalue weighted by molar-refractivity contribution is 6.33. The summed E-state index contributed by atoms with van der Waals surface area (Å²) in [4.78, 5) is 15.0. The normalized spacial score (nSPS) is 14.7. The van der Waals surface area contributed by atoms with Gasteiger partial charge in [-0.3, -0.25) is 4.90 Å². The van der Waals surface area contributed by atoms with E-state index in [-0.39, 0.29) is 40.6 Å². The molecule has 3 aromatic rings. The molecule has 4 rings (SSSR count). The monoisotopic (exact) mass is 539 g/mol. The maximum absolute atomic E-state index is 14.5. The number of nitrogens with one attached hydrogen (secondary N) is 1. The van der Waals surface area contributed by atoms with Crippen molar-refractivity contribution >= 4 is 23.5 Å². The van der Waals surface area contributed by atoms with Crippen molar-refractivity contribution in [2.45, 2.75) is 12.9 Å². The number of morpholine rings is 1. The molecule has 1 aliphatic heterocycles. The number of rotatable bonds is 9. The molecule has 1 saturated heterocycles. The third-order valence-corrected chi connectivity index (χ3v) is 5.51. The quantitative estimate of drug-likeness (QED) is 0.293. The number of benzene rings is 2. The van der Waals surface area contributed by atoms with Gasteiger partial charge in [0, 0.05) is 26.2 Å². The van der Waals surface area contributed by atoms with E-state index in [0.717, 1.165) is 19.6 Å². The topological polar surface area (TPSA) is 97.1 Å². The Morgan fingerprint density at radius 3 is 2.51 bits per heavy atom. The summed E-state index contributed by atoms with van der Waals surface area (Å²) in [6.45, 7) is 4.24. The van der Waals surface area contributed by atoms with E-state index in [1.807, 2.05) is 0 Å². The first kappa shape index (κ1) is 26.6. The van der Waals surface area contributed by atoms with Crippen LogP contribution in [0, 0.1) is 5.82 Å². The SMILES string of the molecule is Fc1cccc(Cl)c1-c1nc(N=NCc2ccc(OC(F)(F)F)cc2)nc(NCCN2CCOCC2)n1. The van der Waals surface area contributed by atoms with Crippen molar-refractivity contribution in [2.75, 3.05) is 44.7 Å². The predicted octanol–water partition coefficient (Wildman–Crippen LogP) is 5.26. The summed E-state index contributed by atoms with van der Waals surface area (Å²) in [5.74, 6) is -0.892. The minimum atomic E-state index is -4.77. The molecule has 2 aromatic carbocycles. The van der Waals surface area contributed by atoms with Crippen LogP contribution in [-0.4, -0.2) is 65.6 Å². The molecule has 9 nitrogen and oxygen atoms in total. The molecular formula is C23H22ClF4N7O2. The van der Waals surface area contributed by atoms with Crippen LogP contribution in [0.1, 0.15) is 5.56 Å². The average molecular weight is 540 g/mol. The Morgan fingerprint density at radius 2 is 1.81 bits per heavy atom. The minimum Gasteiger partial charge on any atom is -0.406 e. The van der Waals surface area contributed by atoms with Gasteiger partial charge in [0.1, 0.15) is 11.6 Å². The van der Waals surface area contributed by atoms with Gasteiger partial charge in [0.25, 0.3) is 5.95 Å². The highest BCUT2D eigenvalue weighted by Crippen LogP contribution is 2.29. The van der Waals surface area contributed by atoms with E-state index in [2.05, 4.69) is 40.1 Å². The van der Waals surface area contributed by atoms with Gasteiger partial charge in [0.2, 0.25) is 5.95 Å². The first-order chi connectivity index (χ1) is 17.8. The molecule has 1 aliphatic rings. The fourth-order valence-electron chi connectivity index (χ4n) is 3.44. The van der Waals surface area contributed by atoms with Crippen LogP contribution >= 0.6 is 11.6 Å². The fraction of sp³-hybridized carbons (Fsp3) is 0.348. The smallest absolute Gasteiger partial charge is 0.406 e. The summed E-state index contributed by atoms with van der Waals surface area (Å²) in [5.41, 5.74) is 0.577. The highest BCUT2D eigenvalue weighted by atomic mass is 35.5. The summed E-state index contributed by atoms with van der Waals surface area (Å²) >= 11 is 6.20. The van der Waals surface area contributed by atoms with Gasteiger partial charge in [-0.25, -0.2) is 4.39 Å². The van der Waals surface area contributed by atoms with E-state index in [1.54, 1.807) is 0 Å². The van der Waals surface area contributed by atoms with E-state index >= 15 is 0 Å².